The van der Waals surface area contributed by atoms with Crippen LogP contribution < -0.4 is 0 Å². The van der Waals surface area contributed by atoms with Gasteiger partial charge in [-0.25, -0.2) is 4.18 Å². The Morgan fingerprint density at radius 3 is 2.40 bits per heavy atom. The fraction of sp³-hybridized carbons (Fsp3) is 0.889. The van der Waals surface area contributed by atoms with E-state index in [1.54, 1.807) is 27.7 Å². The molecule has 0 saturated carbocycles. The summed E-state index contributed by atoms with van der Waals surface area (Å²) in [5.41, 5.74) is -0.642. The van der Waals surface area contributed by atoms with Gasteiger partial charge in [0, 0.05) is 6.42 Å². The Morgan fingerprint density at radius 1 is 1.53 bits per heavy atom. The van der Waals surface area contributed by atoms with E-state index >= 15 is 0 Å². The van der Waals surface area contributed by atoms with Gasteiger partial charge in [0.2, 0.25) is 0 Å². The molecule has 0 spiro atoms. The zero-order valence-corrected chi connectivity index (χ0v) is 10.3. The lowest BCUT2D eigenvalue weighted by Crippen LogP contribution is -2.67. The molecule has 2 unspecified atom stereocenters. The number of hydrogen-bond acceptors (Lipinski definition) is 3. The van der Waals surface area contributed by atoms with Gasteiger partial charge in [-0.1, -0.05) is 0 Å². The Balaban J connectivity index is 3.13. The monoisotopic (exact) mass is 236 g/mol. The van der Waals surface area contributed by atoms with Gasteiger partial charge in [-0.3, -0.25) is 0 Å². The zero-order chi connectivity index (χ0) is 11.9. The average Bonchev–Trinajstić information content (AvgIpc) is 2.00. The maximum Gasteiger partial charge on any atom is 0.529 e. The van der Waals surface area contributed by atoms with Crippen molar-refractivity contribution in [2.45, 2.75) is 45.8 Å². The van der Waals surface area contributed by atoms with Crippen molar-refractivity contribution < 1.29 is 22.2 Å². The van der Waals surface area contributed by atoms with Crippen LogP contribution in [0.4, 0.5) is 4.79 Å². The van der Waals surface area contributed by atoms with Crippen molar-refractivity contribution in [2.75, 3.05) is 6.54 Å². The highest BCUT2D eigenvalue weighted by molar-refractivity contribution is 7.74. The van der Waals surface area contributed by atoms with E-state index in [4.69, 9.17) is 4.18 Å². The van der Waals surface area contributed by atoms with Gasteiger partial charge in [0.25, 0.3) is 0 Å². The molecule has 0 aromatic carbocycles. The van der Waals surface area contributed by atoms with Crippen molar-refractivity contribution in [3.8, 4) is 0 Å². The quantitative estimate of drug-likeness (QED) is 0.650. The Hall–Kier alpha value is -0.460. The molecule has 1 aliphatic heterocycles. The smallest absolute Gasteiger partial charge is 0.435 e. The lowest BCUT2D eigenvalue weighted by atomic mass is 10.1. The first-order valence-electron chi connectivity index (χ1n) is 4.93. The molecule has 0 bridgehead atoms. The Morgan fingerprint density at radius 2 is 2.07 bits per heavy atom. The minimum atomic E-state index is -1.83. The van der Waals surface area contributed by atoms with Crippen LogP contribution in [-0.4, -0.2) is 37.5 Å². The molecule has 0 aliphatic carbocycles. The first-order chi connectivity index (χ1) is 6.72. The highest BCUT2D eigenvalue weighted by Gasteiger charge is 2.57. The third kappa shape index (κ3) is 1.93. The number of hydrogen-bond donors (Lipinski definition) is 1. The Labute approximate surface area is 92.4 Å². The van der Waals surface area contributed by atoms with Crippen molar-refractivity contribution in [2.24, 2.45) is 0 Å². The molecule has 1 N–H and O–H groups in total. The minimum absolute atomic E-state index is 0.140. The number of amides is 1. The molecule has 3 atom stereocenters. The molecule has 1 fully saturated rings. The molecule has 5 nitrogen and oxygen atoms in total. The van der Waals surface area contributed by atoms with E-state index in [0.29, 0.717) is 13.0 Å². The van der Waals surface area contributed by atoms with Gasteiger partial charge in [-0.15, -0.1) is 3.89 Å². The maximum atomic E-state index is 11.9. The van der Waals surface area contributed by atoms with Gasteiger partial charge in [0.1, 0.15) is 12.1 Å². The maximum absolute atomic E-state index is 11.9. The first-order valence-corrected chi connectivity index (χ1v) is 5.96. The lowest BCUT2D eigenvalue weighted by molar-refractivity contribution is -0.789. The van der Waals surface area contributed by atoms with Crippen molar-refractivity contribution in [3.63, 3.8) is 0 Å². The third-order valence-electron chi connectivity index (χ3n) is 2.74. The van der Waals surface area contributed by atoms with Crippen LogP contribution in [0.25, 0.3) is 0 Å². The molecule has 15 heavy (non-hydrogen) atoms. The third-order valence-corrected chi connectivity index (χ3v) is 4.63. The summed E-state index contributed by atoms with van der Waals surface area (Å²) in [6.07, 6.45) is -0.624. The van der Waals surface area contributed by atoms with Crippen molar-refractivity contribution >= 4 is 17.4 Å². The van der Waals surface area contributed by atoms with E-state index in [1.165, 1.54) is 0 Å². The standard InChI is InChI=1S/C9H17NO4S/c1-7-5-6-10(8(11)12,9(2,3)4)15(13)14-7/h7H,5-6H2,1-4H3/p+1/t7-,10?,15?/m0/s1. The molecule has 88 valence electrons. The van der Waals surface area contributed by atoms with Crippen LogP contribution in [-0.2, 0) is 15.4 Å². The number of nitrogens with zero attached hydrogens (tertiary/aromatic N) is 1. The van der Waals surface area contributed by atoms with E-state index in [1.807, 2.05) is 0 Å². The molecule has 1 rings (SSSR count). The number of quaternary nitrogens is 1. The molecule has 0 radical (unpaired) electrons. The van der Waals surface area contributed by atoms with Gasteiger partial charge in [0.05, 0.1) is 6.10 Å². The highest BCUT2D eigenvalue weighted by Crippen LogP contribution is 2.33. The molecular formula is C9H18NO4S+. The Kier molecular flexibility index (Phi) is 3.23. The van der Waals surface area contributed by atoms with Crippen LogP contribution >= 0.6 is 0 Å². The molecule has 1 saturated heterocycles. The second kappa shape index (κ2) is 3.84. The predicted octanol–water partition coefficient (Wildman–Crippen LogP) is 1.67. The summed E-state index contributed by atoms with van der Waals surface area (Å²) in [5.74, 6) is 0. The predicted molar refractivity (Wildman–Crippen MR) is 56.2 cm³/mol. The summed E-state index contributed by atoms with van der Waals surface area (Å²) in [4.78, 5) is 11.3. The second-order valence-electron chi connectivity index (χ2n) is 4.83. The van der Waals surface area contributed by atoms with E-state index in [-0.39, 0.29) is 6.10 Å². The Bertz CT molecular complexity index is 299. The summed E-state index contributed by atoms with van der Waals surface area (Å²) >= 11 is -1.83. The van der Waals surface area contributed by atoms with Gasteiger partial charge in [0.15, 0.2) is 0 Å². The van der Waals surface area contributed by atoms with Gasteiger partial charge in [-0.2, -0.15) is 9.00 Å². The van der Waals surface area contributed by atoms with Crippen LogP contribution in [0.3, 0.4) is 0 Å². The van der Waals surface area contributed by atoms with E-state index in [0.717, 1.165) is 0 Å². The van der Waals surface area contributed by atoms with E-state index < -0.39 is 26.8 Å². The fourth-order valence-electron chi connectivity index (χ4n) is 1.71. The van der Waals surface area contributed by atoms with E-state index in [2.05, 4.69) is 0 Å². The van der Waals surface area contributed by atoms with Crippen LogP contribution in [0.15, 0.2) is 0 Å². The van der Waals surface area contributed by atoms with Crippen molar-refractivity contribution in [1.82, 2.24) is 0 Å². The minimum Gasteiger partial charge on any atom is -0.435 e. The number of rotatable bonds is 0. The molecule has 1 heterocycles. The van der Waals surface area contributed by atoms with Gasteiger partial charge in [-0.05, 0) is 27.7 Å². The fourth-order valence-corrected chi connectivity index (χ4v) is 3.06. The summed E-state index contributed by atoms with van der Waals surface area (Å²) < 4.78 is 16.5. The van der Waals surface area contributed by atoms with Crippen molar-refractivity contribution in [3.05, 3.63) is 0 Å². The normalized spacial score (nSPS) is 37.6. The van der Waals surface area contributed by atoms with Gasteiger partial charge >= 0.3 is 17.4 Å². The summed E-state index contributed by atoms with van der Waals surface area (Å²) in [5, 5.41) is 9.28. The lowest BCUT2D eigenvalue weighted by Gasteiger charge is -2.43. The van der Waals surface area contributed by atoms with Crippen LogP contribution in [0.2, 0.25) is 0 Å². The SMILES string of the molecule is C[C@H]1CC[N+](C(=O)O)(C(C)(C)C)S(=O)O1. The molecule has 1 amide bonds. The zero-order valence-electron chi connectivity index (χ0n) is 9.52. The molecule has 6 heteroatoms. The number of carboxylic acid groups (broad SMARTS) is 1. The first kappa shape index (κ1) is 12.6. The van der Waals surface area contributed by atoms with E-state index in [9.17, 15) is 14.1 Å². The topological polar surface area (TPSA) is 63.6 Å². The van der Waals surface area contributed by atoms with Crippen LogP contribution in [0, 0.1) is 0 Å². The van der Waals surface area contributed by atoms with Gasteiger partial charge < -0.3 is 5.11 Å². The summed E-state index contributed by atoms with van der Waals surface area (Å²) in [6.45, 7) is 7.43. The molecule has 1 aliphatic rings. The van der Waals surface area contributed by atoms with Crippen LogP contribution in [0.5, 0.6) is 0 Å². The second-order valence-corrected chi connectivity index (χ2v) is 6.08. The average molecular weight is 236 g/mol. The number of carbonyl (C=O) groups is 1. The largest absolute Gasteiger partial charge is 0.529 e. The highest BCUT2D eigenvalue weighted by atomic mass is 32.2. The molecular weight excluding hydrogens is 218 g/mol. The van der Waals surface area contributed by atoms with Crippen molar-refractivity contribution in [1.29, 1.82) is 0 Å². The molecule has 0 aromatic heterocycles. The summed E-state index contributed by atoms with van der Waals surface area (Å²) in [7, 11) is 0. The summed E-state index contributed by atoms with van der Waals surface area (Å²) in [6, 6.07) is 0. The molecule has 0 aromatic rings. The van der Waals surface area contributed by atoms with Crippen LogP contribution in [0.1, 0.15) is 34.1 Å².